The van der Waals surface area contributed by atoms with Crippen LogP contribution >= 0.6 is 14.7 Å². The van der Waals surface area contributed by atoms with Gasteiger partial charge in [-0.3, -0.25) is 9.13 Å². The topological polar surface area (TPSA) is 83.8 Å². The van der Waals surface area contributed by atoms with Crippen molar-refractivity contribution in [2.24, 2.45) is 0 Å². The van der Waals surface area contributed by atoms with Gasteiger partial charge in [-0.25, -0.2) is 0 Å². The average molecular weight is 406 g/mol. The quantitative estimate of drug-likeness (QED) is 0.466. The summed E-state index contributed by atoms with van der Waals surface area (Å²) in [6, 6.07) is 13.3. The molecule has 0 amide bonds. The summed E-state index contributed by atoms with van der Waals surface area (Å²) in [7, 11) is -7.05. The normalized spacial score (nSPS) is 15.5. The van der Waals surface area contributed by atoms with Gasteiger partial charge in [0.1, 0.15) is 0 Å². The smallest absolute Gasteiger partial charge is 0.231 e. The second-order valence-electron chi connectivity index (χ2n) is 6.05. The maximum atomic E-state index is 12.4. The van der Waals surface area contributed by atoms with Gasteiger partial charge >= 0.3 is 0 Å². The van der Waals surface area contributed by atoms with E-state index >= 15 is 0 Å². The number of rotatable bonds is 10. The fraction of sp³-hybridized carbons (Fsp3) is 0.200. The van der Waals surface area contributed by atoms with Crippen molar-refractivity contribution in [3.05, 3.63) is 72.8 Å². The van der Waals surface area contributed by atoms with E-state index in [1.165, 1.54) is 0 Å². The zero-order chi connectivity index (χ0) is 19.9. The van der Waals surface area contributed by atoms with Crippen molar-refractivity contribution in [2.75, 3.05) is 25.5 Å². The van der Waals surface area contributed by atoms with Crippen LogP contribution in [0, 0.1) is 0 Å². The average Bonchev–Trinajstić information content (AvgIpc) is 2.67. The fourth-order valence-corrected chi connectivity index (χ4v) is 4.92. The summed E-state index contributed by atoms with van der Waals surface area (Å²) in [5.41, 5.74) is 1.74. The summed E-state index contributed by atoms with van der Waals surface area (Å²) in [6.07, 6.45) is 3.22. The van der Waals surface area contributed by atoms with E-state index in [1.807, 2.05) is 0 Å². The van der Waals surface area contributed by atoms with Gasteiger partial charge in [-0.15, -0.1) is 0 Å². The van der Waals surface area contributed by atoms with Crippen LogP contribution in [0.1, 0.15) is 11.1 Å². The Balaban J connectivity index is 1.82. The van der Waals surface area contributed by atoms with Gasteiger partial charge in [0.2, 0.25) is 14.7 Å². The van der Waals surface area contributed by atoms with Crippen LogP contribution in [0.2, 0.25) is 0 Å². The molecule has 0 aliphatic heterocycles. The molecule has 0 fully saturated rings. The molecule has 144 valence electrons. The third-order valence-electron chi connectivity index (χ3n) is 4.14. The minimum Gasteiger partial charge on any atom is -0.380 e. The predicted molar refractivity (Wildman–Crippen MR) is 113 cm³/mol. The molecule has 2 aromatic carbocycles. The van der Waals surface area contributed by atoms with Gasteiger partial charge < -0.3 is 14.5 Å². The highest BCUT2D eigenvalue weighted by Crippen LogP contribution is 2.40. The Bertz CT molecular complexity index is 799. The first-order valence-electron chi connectivity index (χ1n) is 8.46. The Morgan fingerprint density at radius 3 is 1.37 bits per heavy atom. The molecule has 27 heavy (non-hydrogen) atoms. The van der Waals surface area contributed by atoms with Crippen molar-refractivity contribution in [1.29, 1.82) is 0 Å². The molecule has 2 atom stereocenters. The lowest BCUT2D eigenvalue weighted by Crippen LogP contribution is -2.14. The molecule has 0 heterocycles. The third kappa shape index (κ3) is 6.14. The Labute approximate surface area is 159 Å². The molecular formula is C20H24O5P2. The van der Waals surface area contributed by atoms with Crippen LogP contribution in [0.4, 0.5) is 0 Å². The zero-order valence-corrected chi connectivity index (χ0v) is 16.8. The Morgan fingerprint density at radius 2 is 1.07 bits per heavy atom. The Morgan fingerprint density at radius 1 is 0.741 bits per heavy atom. The molecule has 2 unspecified atom stereocenters. The van der Waals surface area contributed by atoms with Crippen molar-refractivity contribution in [2.45, 2.75) is 0 Å². The van der Waals surface area contributed by atoms with Gasteiger partial charge in [0.05, 0.1) is 25.5 Å². The van der Waals surface area contributed by atoms with Gasteiger partial charge in [0, 0.05) is 10.6 Å². The molecule has 7 heteroatoms. The number of benzene rings is 2. The molecule has 0 aliphatic carbocycles. The zero-order valence-electron chi connectivity index (χ0n) is 15.0. The van der Waals surface area contributed by atoms with Gasteiger partial charge in [-0.2, -0.15) is 0 Å². The van der Waals surface area contributed by atoms with Crippen LogP contribution in [0.15, 0.2) is 61.7 Å². The van der Waals surface area contributed by atoms with Gasteiger partial charge in [-0.1, -0.05) is 49.6 Å². The molecule has 2 aromatic rings. The summed E-state index contributed by atoms with van der Waals surface area (Å²) < 4.78 is 30.1. The molecule has 5 nitrogen and oxygen atoms in total. The summed E-state index contributed by atoms with van der Waals surface area (Å²) in [4.78, 5) is 20.3. The molecular weight excluding hydrogens is 382 g/mol. The lowest BCUT2D eigenvalue weighted by atomic mass is 10.2. The van der Waals surface area contributed by atoms with Crippen molar-refractivity contribution >= 4 is 37.5 Å². The minimum absolute atomic E-state index is 0.0341. The van der Waals surface area contributed by atoms with Crippen molar-refractivity contribution in [3.63, 3.8) is 0 Å². The first-order chi connectivity index (χ1) is 12.8. The third-order valence-corrected chi connectivity index (χ3v) is 7.93. The molecule has 0 radical (unpaired) electrons. The largest absolute Gasteiger partial charge is 0.380 e. The number of hydrogen-bond acceptors (Lipinski definition) is 3. The lowest BCUT2D eigenvalue weighted by molar-refractivity contribution is 0.162. The first-order valence-corrected chi connectivity index (χ1v) is 12.1. The molecule has 0 bridgehead atoms. The highest BCUT2D eigenvalue weighted by molar-refractivity contribution is 7.66. The van der Waals surface area contributed by atoms with Crippen LogP contribution in [-0.4, -0.2) is 35.3 Å². The van der Waals surface area contributed by atoms with Crippen LogP contribution in [-0.2, 0) is 13.9 Å². The maximum absolute atomic E-state index is 12.4. The van der Waals surface area contributed by atoms with E-state index in [9.17, 15) is 18.9 Å². The second-order valence-corrected chi connectivity index (χ2v) is 10.8. The van der Waals surface area contributed by atoms with E-state index in [-0.39, 0.29) is 25.5 Å². The fourth-order valence-electron chi connectivity index (χ4n) is 2.42. The SMILES string of the molecule is C=Cc1ccc(P(=O)(O)CCOCCP(=O)(O)c2ccc(C=C)cc2)cc1. The van der Waals surface area contributed by atoms with Gasteiger partial charge in [0.25, 0.3) is 0 Å². The minimum atomic E-state index is -3.52. The van der Waals surface area contributed by atoms with Crippen LogP contribution in [0.25, 0.3) is 12.2 Å². The van der Waals surface area contributed by atoms with E-state index in [0.717, 1.165) is 11.1 Å². The van der Waals surface area contributed by atoms with E-state index in [4.69, 9.17) is 4.74 Å². The molecule has 0 saturated carbocycles. The highest BCUT2D eigenvalue weighted by Gasteiger charge is 2.23. The summed E-state index contributed by atoms with van der Waals surface area (Å²) >= 11 is 0. The Kier molecular flexibility index (Phi) is 7.55. The Hall–Kier alpha value is -1.74. The summed E-state index contributed by atoms with van der Waals surface area (Å²) in [5, 5.41) is 0.707. The first kappa shape index (κ1) is 21.6. The van der Waals surface area contributed by atoms with Crippen molar-refractivity contribution in [1.82, 2.24) is 0 Å². The van der Waals surface area contributed by atoms with Gasteiger partial charge in [0.15, 0.2) is 0 Å². The number of ether oxygens (including phenoxy) is 1. The standard InChI is InChI=1S/C20H24O5P2/c1-3-17-5-9-19(10-6-17)26(21,22)15-13-25-14-16-27(23,24)20-11-7-18(4-2)8-12-20/h3-12H,1-2,13-16H2,(H,21,22)(H,23,24). The predicted octanol–water partition coefficient (Wildman–Crippen LogP) is 3.48. The van der Waals surface area contributed by atoms with Gasteiger partial charge in [-0.05, 0) is 35.4 Å². The van der Waals surface area contributed by atoms with E-state index in [2.05, 4.69) is 13.2 Å². The van der Waals surface area contributed by atoms with Crippen LogP contribution < -0.4 is 10.6 Å². The summed E-state index contributed by atoms with van der Waals surface area (Å²) in [6.45, 7) is 7.36. The monoisotopic (exact) mass is 406 g/mol. The molecule has 2 rings (SSSR count). The molecule has 2 N–H and O–H groups in total. The molecule has 0 aromatic heterocycles. The van der Waals surface area contributed by atoms with E-state index < -0.39 is 14.7 Å². The van der Waals surface area contributed by atoms with E-state index in [1.54, 1.807) is 60.7 Å². The van der Waals surface area contributed by atoms with Crippen molar-refractivity contribution < 1.29 is 23.7 Å². The molecule has 0 spiro atoms. The van der Waals surface area contributed by atoms with Crippen molar-refractivity contribution in [3.8, 4) is 0 Å². The molecule has 0 aliphatic rings. The lowest BCUT2D eigenvalue weighted by Gasteiger charge is -2.14. The molecule has 0 saturated heterocycles. The maximum Gasteiger partial charge on any atom is 0.231 e. The van der Waals surface area contributed by atoms with Crippen LogP contribution in [0.5, 0.6) is 0 Å². The van der Waals surface area contributed by atoms with E-state index in [0.29, 0.717) is 10.6 Å². The summed E-state index contributed by atoms with van der Waals surface area (Å²) in [5.74, 6) is 0. The highest BCUT2D eigenvalue weighted by atomic mass is 31.2. The second kappa shape index (κ2) is 9.45. The van der Waals surface area contributed by atoms with Crippen LogP contribution in [0.3, 0.4) is 0 Å². The number of hydrogen-bond donors (Lipinski definition) is 2.